The summed E-state index contributed by atoms with van der Waals surface area (Å²) in [6.07, 6.45) is -0.687. The number of benzene rings is 2. The second kappa shape index (κ2) is 7.56. The maximum Gasteiger partial charge on any atom is 0.251 e. The SMILES string of the molecule is Cc1ccccc1C(=O)NCC(=O)Nc1ccccc1[C@@H](C)O. The Balaban J connectivity index is 1.96. The summed E-state index contributed by atoms with van der Waals surface area (Å²) in [6, 6.07) is 14.2. The van der Waals surface area contributed by atoms with Crippen molar-refractivity contribution in [1.82, 2.24) is 5.32 Å². The smallest absolute Gasteiger partial charge is 0.251 e. The number of rotatable bonds is 5. The number of amides is 2. The molecule has 2 aromatic carbocycles. The predicted molar refractivity (Wildman–Crippen MR) is 89.2 cm³/mol. The van der Waals surface area contributed by atoms with Crippen LogP contribution in [0.2, 0.25) is 0 Å². The van der Waals surface area contributed by atoms with E-state index in [2.05, 4.69) is 10.6 Å². The quantitative estimate of drug-likeness (QED) is 0.793. The summed E-state index contributed by atoms with van der Waals surface area (Å²) >= 11 is 0. The number of hydrogen-bond acceptors (Lipinski definition) is 3. The Kier molecular flexibility index (Phi) is 5.49. The van der Waals surface area contributed by atoms with Crippen LogP contribution >= 0.6 is 0 Å². The molecule has 0 aliphatic carbocycles. The first-order valence-corrected chi connectivity index (χ1v) is 7.39. The van der Waals surface area contributed by atoms with Crippen LogP contribution in [-0.2, 0) is 4.79 Å². The molecule has 2 amide bonds. The summed E-state index contributed by atoms with van der Waals surface area (Å²) in [7, 11) is 0. The van der Waals surface area contributed by atoms with Crippen molar-refractivity contribution in [3.8, 4) is 0 Å². The third-order valence-electron chi connectivity index (χ3n) is 3.48. The van der Waals surface area contributed by atoms with Gasteiger partial charge in [0.2, 0.25) is 5.91 Å². The van der Waals surface area contributed by atoms with Crippen molar-refractivity contribution in [2.75, 3.05) is 11.9 Å². The standard InChI is InChI=1S/C18H20N2O3/c1-12-7-3-4-8-14(12)18(23)19-11-17(22)20-16-10-6-5-9-15(16)13(2)21/h3-10,13,21H,11H2,1-2H3,(H,19,23)(H,20,22)/t13-/m1/s1. The molecule has 5 heteroatoms. The molecule has 120 valence electrons. The minimum absolute atomic E-state index is 0.138. The molecule has 1 atom stereocenters. The zero-order chi connectivity index (χ0) is 16.8. The van der Waals surface area contributed by atoms with Crippen molar-refractivity contribution in [2.24, 2.45) is 0 Å². The predicted octanol–water partition coefficient (Wildman–Crippen LogP) is 2.42. The van der Waals surface area contributed by atoms with Gasteiger partial charge in [0.25, 0.3) is 5.91 Å². The lowest BCUT2D eigenvalue weighted by atomic mass is 10.1. The van der Waals surface area contributed by atoms with Crippen LogP contribution in [0, 0.1) is 6.92 Å². The van der Waals surface area contributed by atoms with E-state index in [1.165, 1.54) is 0 Å². The van der Waals surface area contributed by atoms with Gasteiger partial charge in [-0.1, -0.05) is 36.4 Å². The highest BCUT2D eigenvalue weighted by Crippen LogP contribution is 2.21. The van der Waals surface area contributed by atoms with Crippen LogP contribution in [0.3, 0.4) is 0 Å². The largest absolute Gasteiger partial charge is 0.389 e. The Morgan fingerprint density at radius 3 is 2.43 bits per heavy atom. The maximum atomic E-state index is 12.1. The summed E-state index contributed by atoms with van der Waals surface area (Å²) < 4.78 is 0. The van der Waals surface area contributed by atoms with E-state index in [4.69, 9.17) is 0 Å². The number of aliphatic hydroxyl groups is 1. The maximum absolute atomic E-state index is 12.1. The summed E-state index contributed by atoms with van der Waals surface area (Å²) in [5, 5.41) is 15.0. The number of aliphatic hydroxyl groups excluding tert-OH is 1. The molecule has 0 heterocycles. The van der Waals surface area contributed by atoms with Crippen LogP contribution in [0.1, 0.15) is 34.5 Å². The van der Waals surface area contributed by atoms with Crippen LogP contribution in [0.5, 0.6) is 0 Å². The lowest BCUT2D eigenvalue weighted by molar-refractivity contribution is -0.115. The van der Waals surface area contributed by atoms with Gasteiger partial charge >= 0.3 is 0 Å². The van der Waals surface area contributed by atoms with E-state index >= 15 is 0 Å². The molecule has 2 aromatic rings. The van der Waals surface area contributed by atoms with Crippen molar-refractivity contribution < 1.29 is 14.7 Å². The van der Waals surface area contributed by atoms with Crippen molar-refractivity contribution in [3.63, 3.8) is 0 Å². The van der Waals surface area contributed by atoms with Crippen molar-refractivity contribution in [3.05, 3.63) is 65.2 Å². The van der Waals surface area contributed by atoms with Crippen LogP contribution in [0.15, 0.2) is 48.5 Å². The van der Waals surface area contributed by atoms with E-state index in [1.54, 1.807) is 43.3 Å². The Morgan fingerprint density at radius 2 is 1.74 bits per heavy atom. The fraction of sp³-hybridized carbons (Fsp3) is 0.222. The van der Waals surface area contributed by atoms with Gasteiger partial charge in [0.05, 0.1) is 12.6 Å². The molecule has 0 aliphatic rings. The molecular formula is C18H20N2O3. The first-order valence-electron chi connectivity index (χ1n) is 7.39. The Morgan fingerprint density at radius 1 is 1.09 bits per heavy atom. The molecule has 0 spiro atoms. The van der Waals surface area contributed by atoms with Gasteiger partial charge in [-0.3, -0.25) is 9.59 Å². The van der Waals surface area contributed by atoms with Gasteiger partial charge in [-0.05, 0) is 31.5 Å². The van der Waals surface area contributed by atoms with E-state index in [1.807, 2.05) is 19.1 Å². The first-order chi connectivity index (χ1) is 11.0. The molecule has 3 N–H and O–H groups in total. The van der Waals surface area contributed by atoms with Crippen LogP contribution in [-0.4, -0.2) is 23.5 Å². The highest BCUT2D eigenvalue weighted by Gasteiger charge is 2.12. The topological polar surface area (TPSA) is 78.4 Å². The number of para-hydroxylation sites is 1. The third kappa shape index (κ3) is 4.40. The van der Waals surface area contributed by atoms with Gasteiger partial charge in [-0.2, -0.15) is 0 Å². The minimum atomic E-state index is -0.687. The van der Waals surface area contributed by atoms with Crippen LogP contribution < -0.4 is 10.6 Å². The van der Waals surface area contributed by atoms with E-state index < -0.39 is 6.10 Å². The van der Waals surface area contributed by atoms with E-state index in [-0.39, 0.29) is 18.4 Å². The van der Waals surface area contributed by atoms with Gasteiger partial charge in [0, 0.05) is 16.8 Å². The summed E-state index contributed by atoms with van der Waals surface area (Å²) in [5.74, 6) is -0.637. The minimum Gasteiger partial charge on any atom is -0.389 e. The van der Waals surface area contributed by atoms with E-state index in [0.717, 1.165) is 5.56 Å². The van der Waals surface area contributed by atoms with Gasteiger partial charge in [-0.25, -0.2) is 0 Å². The zero-order valence-electron chi connectivity index (χ0n) is 13.2. The number of carbonyl (C=O) groups excluding carboxylic acids is 2. The molecule has 0 aliphatic heterocycles. The van der Waals surface area contributed by atoms with Crippen molar-refractivity contribution >= 4 is 17.5 Å². The molecule has 23 heavy (non-hydrogen) atoms. The third-order valence-corrected chi connectivity index (χ3v) is 3.48. The Hall–Kier alpha value is -2.66. The fourth-order valence-corrected chi connectivity index (χ4v) is 2.25. The second-order valence-corrected chi connectivity index (χ2v) is 5.31. The Labute approximate surface area is 135 Å². The number of hydrogen-bond donors (Lipinski definition) is 3. The fourth-order valence-electron chi connectivity index (χ4n) is 2.25. The highest BCUT2D eigenvalue weighted by molar-refractivity contribution is 6.00. The normalized spacial score (nSPS) is 11.6. The first kappa shape index (κ1) is 16.7. The molecule has 0 unspecified atom stereocenters. The Bertz CT molecular complexity index is 711. The molecule has 0 bridgehead atoms. The molecule has 0 fully saturated rings. The van der Waals surface area contributed by atoms with Crippen molar-refractivity contribution in [2.45, 2.75) is 20.0 Å². The van der Waals surface area contributed by atoms with Crippen molar-refractivity contribution in [1.29, 1.82) is 0 Å². The number of anilines is 1. The van der Waals surface area contributed by atoms with E-state index in [9.17, 15) is 14.7 Å². The average molecular weight is 312 g/mol. The summed E-state index contributed by atoms with van der Waals surface area (Å²) in [6.45, 7) is 3.33. The van der Waals surface area contributed by atoms with E-state index in [0.29, 0.717) is 16.8 Å². The lowest BCUT2D eigenvalue weighted by Gasteiger charge is -2.13. The van der Waals surface area contributed by atoms with Gasteiger partial charge in [0.1, 0.15) is 0 Å². The molecule has 2 rings (SSSR count). The number of nitrogens with one attached hydrogen (secondary N) is 2. The molecule has 0 saturated heterocycles. The summed E-state index contributed by atoms with van der Waals surface area (Å²) in [4.78, 5) is 24.1. The number of aryl methyl sites for hydroxylation is 1. The number of carbonyl (C=O) groups is 2. The molecule has 0 radical (unpaired) electrons. The molecule has 0 aromatic heterocycles. The lowest BCUT2D eigenvalue weighted by Crippen LogP contribution is -2.33. The van der Waals surface area contributed by atoms with Gasteiger partial charge < -0.3 is 15.7 Å². The average Bonchev–Trinajstić information content (AvgIpc) is 2.53. The van der Waals surface area contributed by atoms with Crippen LogP contribution in [0.25, 0.3) is 0 Å². The molecule has 5 nitrogen and oxygen atoms in total. The zero-order valence-corrected chi connectivity index (χ0v) is 13.2. The monoisotopic (exact) mass is 312 g/mol. The highest BCUT2D eigenvalue weighted by atomic mass is 16.3. The van der Waals surface area contributed by atoms with Gasteiger partial charge in [-0.15, -0.1) is 0 Å². The molecule has 0 saturated carbocycles. The summed E-state index contributed by atoms with van der Waals surface area (Å²) in [5.41, 5.74) is 2.57. The molecular weight excluding hydrogens is 292 g/mol. The second-order valence-electron chi connectivity index (χ2n) is 5.31. The van der Waals surface area contributed by atoms with Crippen LogP contribution in [0.4, 0.5) is 5.69 Å². The van der Waals surface area contributed by atoms with Gasteiger partial charge in [0.15, 0.2) is 0 Å².